The molecule has 2 aromatic rings. The van der Waals surface area contributed by atoms with Crippen molar-refractivity contribution in [1.29, 1.82) is 5.26 Å². The first-order valence-corrected chi connectivity index (χ1v) is 9.94. The number of halogens is 2. The number of hydrogen-bond donors (Lipinski definition) is 2. The summed E-state index contributed by atoms with van der Waals surface area (Å²) < 4.78 is 26.8. The highest BCUT2D eigenvalue weighted by Crippen LogP contribution is 2.37. The molecule has 3 rings (SSSR count). The largest absolute Gasteiger partial charge is 0.340 e. The van der Waals surface area contributed by atoms with Crippen LogP contribution in [-0.2, 0) is 17.6 Å². The molecule has 142 valence electrons. The first-order valence-electron chi connectivity index (χ1n) is 9.12. The van der Waals surface area contributed by atoms with Crippen molar-refractivity contribution >= 4 is 22.2 Å². The van der Waals surface area contributed by atoms with Crippen LogP contribution in [0.15, 0.2) is 18.2 Å². The number of rotatable bonds is 6. The summed E-state index contributed by atoms with van der Waals surface area (Å²) in [5.41, 5.74) is 2.11. The van der Waals surface area contributed by atoms with Gasteiger partial charge in [-0.15, -0.1) is 11.3 Å². The highest BCUT2D eigenvalue weighted by Gasteiger charge is 2.22. The van der Waals surface area contributed by atoms with Crippen molar-refractivity contribution in [3.05, 3.63) is 51.4 Å². The summed E-state index contributed by atoms with van der Waals surface area (Å²) in [6, 6.07) is 5.55. The third-order valence-corrected chi connectivity index (χ3v) is 6.09. The lowest BCUT2D eigenvalue weighted by molar-refractivity contribution is -0.691. The van der Waals surface area contributed by atoms with Gasteiger partial charge >= 0.3 is 0 Å². The molecule has 0 aliphatic heterocycles. The number of anilines is 1. The van der Waals surface area contributed by atoms with Crippen LogP contribution >= 0.6 is 11.3 Å². The van der Waals surface area contributed by atoms with Gasteiger partial charge in [-0.05, 0) is 50.3 Å². The Morgan fingerprint density at radius 3 is 2.89 bits per heavy atom. The molecule has 0 fully saturated rings. The number of amides is 1. The summed E-state index contributed by atoms with van der Waals surface area (Å²) in [5.74, 6) is -1.34. The molecule has 3 N–H and O–H groups in total. The van der Waals surface area contributed by atoms with Gasteiger partial charge in [-0.1, -0.05) is 0 Å². The Labute approximate surface area is 161 Å². The summed E-state index contributed by atoms with van der Waals surface area (Å²) >= 11 is 1.51. The number of aryl methyl sites for hydroxylation is 1. The molecule has 0 unspecified atom stereocenters. The molecule has 1 aliphatic rings. The fourth-order valence-corrected chi connectivity index (χ4v) is 4.68. The van der Waals surface area contributed by atoms with E-state index < -0.39 is 11.6 Å². The zero-order valence-electron chi connectivity index (χ0n) is 15.1. The summed E-state index contributed by atoms with van der Waals surface area (Å²) in [7, 11) is 0. The van der Waals surface area contributed by atoms with Gasteiger partial charge in [-0.25, -0.2) is 8.78 Å². The lowest BCUT2D eigenvalue weighted by Gasteiger charge is -2.12. The Hall–Kier alpha value is -2.30. The van der Waals surface area contributed by atoms with Gasteiger partial charge in [-0.2, -0.15) is 5.26 Å². The first-order chi connectivity index (χ1) is 13.0. The fourth-order valence-electron chi connectivity index (χ4n) is 3.42. The Balaban J connectivity index is 1.54. The summed E-state index contributed by atoms with van der Waals surface area (Å²) in [6.07, 6.45) is 4.33. The number of carbonyl (C=O) groups is 1. The Morgan fingerprint density at radius 1 is 1.37 bits per heavy atom. The Kier molecular flexibility index (Phi) is 6.19. The van der Waals surface area contributed by atoms with E-state index in [9.17, 15) is 18.8 Å². The minimum absolute atomic E-state index is 0.159. The van der Waals surface area contributed by atoms with Gasteiger partial charge in [0.25, 0.3) is 0 Å². The molecule has 1 aliphatic carbocycles. The molecule has 1 aromatic carbocycles. The van der Waals surface area contributed by atoms with Gasteiger partial charge in [0.05, 0.1) is 18.5 Å². The van der Waals surface area contributed by atoms with E-state index in [2.05, 4.69) is 11.4 Å². The SMILES string of the molecule is C[C@H]([NH2+]CCC(=O)Nc1sc2c(c1C#N)CCCC2)c1ccc(F)cc1F. The third-order valence-electron chi connectivity index (χ3n) is 4.88. The molecule has 0 saturated carbocycles. The smallest absolute Gasteiger partial charge is 0.230 e. The van der Waals surface area contributed by atoms with Gasteiger partial charge in [0.1, 0.15) is 28.7 Å². The number of carbonyl (C=O) groups excluding carboxylic acids is 1. The first kappa shape index (κ1) is 19.5. The maximum absolute atomic E-state index is 13.8. The van der Waals surface area contributed by atoms with E-state index in [1.165, 1.54) is 28.3 Å². The van der Waals surface area contributed by atoms with Crippen LogP contribution in [0.2, 0.25) is 0 Å². The van der Waals surface area contributed by atoms with Gasteiger partial charge in [-0.3, -0.25) is 4.79 Å². The van der Waals surface area contributed by atoms with Crippen molar-refractivity contribution in [2.45, 2.75) is 45.1 Å². The Morgan fingerprint density at radius 2 is 2.15 bits per heavy atom. The van der Waals surface area contributed by atoms with E-state index in [1.807, 2.05) is 12.2 Å². The predicted octanol–water partition coefficient (Wildman–Crippen LogP) is 3.43. The number of hydrogen-bond acceptors (Lipinski definition) is 3. The molecule has 0 radical (unpaired) electrons. The van der Waals surface area contributed by atoms with E-state index >= 15 is 0 Å². The molecule has 1 amide bonds. The molecular formula is C20H22F2N3OS+. The highest BCUT2D eigenvalue weighted by molar-refractivity contribution is 7.16. The second-order valence-electron chi connectivity index (χ2n) is 6.80. The topological polar surface area (TPSA) is 69.5 Å². The normalized spacial score (nSPS) is 14.3. The van der Waals surface area contributed by atoms with Crippen LogP contribution in [0.25, 0.3) is 0 Å². The molecule has 1 aromatic heterocycles. The van der Waals surface area contributed by atoms with Gasteiger partial charge < -0.3 is 10.6 Å². The van der Waals surface area contributed by atoms with Crippen molar-refractivity contribution in [1.82, 2.24) is 0 Å². The number of thiophene rings is 1. The monoisotopic (exact) mass is 390 g/mol. The zero-order chi connectivity index (χ0) is 19.4. The van der Waals surface area contributed by atoms with E-state index in [1.54, 1.807) is 0 Å². The molecule has 7 heteroatoms. The highest BCUT2D eigenvalue weighted by atomic mass is 32.1. The molecular weight excluding hydrogens is 368 g/mol. The number of nitrogens with two attached hydrogens (primary N) is 1. The van der Waals surface area contributed by atoms with Crippen LogP contribution < -0.4 is 10.6 Å². The summed E-state index contributed by atoms with van der Waals surface area (Å²) in [4.78, 5) is 13.5. The second kappa shape index (κ2) is 8.59. The number of nitriles is 1. The van der Waals surface area contributed by atoms with Crippen molar-refractivity contribution in [2.24, 2.45) is 0 Å². The van der Waals surface area contributed by atoms with Gasteiger partial charge in [0.2, 0.25) is 5.91 Å². The van der Waals surface area contributed by atoms with E-state index in [-0.39, 0.29) is 18.4 Å². The van der Waals surface area contributed by atoms with Crippen molar-refractivity contribution in [2.75, 3.05) is 11.9 Å². The standard InChI is InChI=1S/C20H21F2N3OS/c1-12(14-7-6-13(21)10-17(14)22)24-9-8-19(26)25-20-16(11-23)15-4-2-3-5-18(15)27-20/h6-7,10,12,24H,2-5,8-9H2,1H3,(H,25,26)/p+1/t12-/m0/s1. The number of fused-ring (bicyclic) bond motifs is 1. The summed E-state index contributed by atoms with van der Waals surface area (Å²) in [5, 5.41) is 14.8. The molecule has 1 atom stereocenters. The average Bonchev–Trinajstić information content (AvgIpc) is 2.98. The molecule has 1 heterocycles. The number of nitrogens with zero attached hydrogens (tertiary/aromatic N) is 1. The van der Waals surface area contributed by atoms with Crippen molar-refractivity contribution < 1.29 is 18.9 Å². The van der Waals surface area contributed by atoms with Gasteiger partial charge in [0, 0.05) is 16.5 Å². The molecule has 0 bridgehead atoms. The van der Waals surface area contributed by atoms with Crippen LogP contribution in [-0.4, -0.2) is 12.5 Å². The lowest BCUT2D eigenvalue weighted by atomic mass is 9.96. The van der Waals surface area contributed by atoms with Crippen molar-refractivity contribution in [3.63, 3.8) is 0 Å². The number of benzene rings is 1. The second-order valence-corrected chi connectivity index (χ2v) is 7.91. The quantitative estimate of drug-likeness (QED) is 0.793. The molecule has 4 nitrogen and oxygen atoms in total. The zero-order valence-corrected chi connectivity index (χ0v) is 16.0. The van der Waals surface area contributed by atoms with Crippen molar-refractivity contribution in [3.8, 4) is 6.07 Å². The lowest BCUT2D eigenvalue weighted by Crippen LogP contribution is -2.85. The fraction of sp³-hybridized carbons (Fsp3) is 0.400. The van der Waals surface area contributed by atoms with Gasteiger partial charge in [0.15, 0.2) is 0 Å². The molecule has 0 spiro atoms. The minimum atomic E-state index is -0.602. The average molecular weight is 390 g/mol. The number of quaternary nitrogens is 1. The van der Waals surface area contributed by atoms with Crippen LogP contribution in [0.4, 0.5) is 13.8 Å². The maximum Gasteiger partial charge on any atom is 0.230 e. The summed E-state index contributed by atoms with van der Waals surface area (Å²) in [6.45, 7) is 2.28. The third kappa shape index (κ3) is 4.52. The molecule has 0 saturated heterocycles. The van der Waals surface area contributed by atoms with E-state index in [4.69, 9.17) is 0 Å². The Bertz CT molecular complexity index is 888. The van der Waals surface area contributed by atoms with Crippen LogP contribution in [0.3, 0.4) is 0 Å². The van der Waals surface area contributed by atoms with Crippen LogP contribution in [0.5, 0.6) is 0 Å². The predicted molar refractivity (Wildman–Crippen MR) is 100 cm³/mol. The van der Waals surface area contributed by atoms with Crippen LogP contribution in [0.1, 0.15) is 53.8 Å². The van der Waals surface area contributed by atoms with Crippen LogP contribution in [0, 0.1) is 23.0 Å². The number of nitrogens with one attached hydrogen (secondary N) is 1. The van der Waals surface area contributed by atoms with E-state index in [0.29, 0.717) is 22.7 Å². The maximum atomic E-state index is 13.8. The molecule has 27 heavy (non-hydrogen) atoms. The van der Waals surface area contributed by atoms with E-state index in [0.717, 1.165) is 37.3 Å². The minimum Gasteiger partial charge on any atom is -0.340 e.